The first-order valence-electron chi connectivity index (χ1n) is 39.1. The van der Waals surface area contributed by atoms with E-state index < -0.39 is 23.4 Å². The molecule has 0 spiro atoms. The molecular weight excluding hydrogens is 1560 g/mol. The van der Waals surface area contributed by atoms with E-state index in [0.717, 1.165) is 61.3 Å². The number of rotatable bonds is 22. The summed E-state index contributed by atoms with van der Waals surface area (Å²) in [6.07, 6.45) is 20.3. The number of hydrogen-bond donors (Lipinski definition) is 4. The van der Waals surface area contributed by atoms with Crippen molar-refractivity contribution in [2.75, 3.05) is 74.0 Å². The van der Waals surface area contributed by atoms with E-state index in [1.54, 1.807) is 180 Å². The van der Waals surface area contributed by atoms with Crippen LogP contribution in [-0.2, 0) is 23.7 Å². The van der Waals surface area contributed by atoms with Crippen molar-refractivity contribution >= 4 is 104 Å². The van der Waals surface area contributed by atoms with Gasteiger partial charge in [-0.15, -0.1) is 0 Å². The Morgan fingerprint density at radius 2 is 0.842 bits per heavy atom. The molecule has 35 heteroatoms. The molecule has 3 saturated carbocycles. The van der Waals surface area contributed by atoms with Gasteiger partial charge in [-0.2, -0.15) is 28.8 Å². The molecule has 0 aliphatic heterocycles. The third-order valence-corrected chi connectivity index (χ3v) is 20.9. The van der Waals surface area contributed by atoms with Crippen LogP contribution in [0.3, 0.4) is 0 Å². The van der Waals surface area contributed by atoms with E-state index in [9.17, 15) is 38.4 Å². The zero-order valence-electron chi connectivity index (χ0n) is 69.5. The first-order chi connectivity index (χ1) is 57.2. The second-order valence-electron chi connectivity index (χ2n) is 31.4. The standard InChI is InChI=1S/C30H35N7O5.C25H27N7O3.C19H25ClN4O4.C11H11N3O/c1-18-9-11-20(16-31-18)36-13-7-8-22(28(36)39)33-25-15-26(35(5)29(40)42-30(2,3)4)37-27(34-25)21(17-32-37)23(38)14-19-10-12-24(19)41-6;1-15-6-8-17(13-27-15)31-10-4-5-19(25(31)34)29-22-12-23(26-2)32-24(30-22)18(14-28-32)20(33)11-16-7-9-21(16)35-3;1-19(2,3)28-18(26)23(4)16-9-15(20)22-17-12(10-21-24(16)17)13(25)8-11-6-7-14(11)27-5;1-8-4-5-9(7-13-8)14-6-2-3-10(12)11(14)15/h7-9,11,13,15-17,19,24H,10,12,14H2,1-6H3,(H,33,34);4-6,8,10,12-14,16,21,26H,7,9,11H2,1-3H3,(H,29,30);9-11,14H,6-8H2,1-5H3;2-7H,12H2,1H3/t19?,24-;16?,21-;11-,14+;/m001./s1. The van der Waals surface area contributed by atoms with Crippen molar-refractivity contribution in [1.29, 1.82) is 0 Å². The molecule has 2 amide bonds. The van der Waals surface area contributed by atoms with Gasteiger partial charge in [0.05, 0.1) is 94.9 Å². The molecule has 6 atom stereocenters. The summed E-state index contributed by atoms with van der Waals surface area (Å²) in [7, 11) is 9.87. The highest BCUT2D eigenvalue weighted by molar-refractivity contribution is 6.30. The quantitative estimate of drug-likeness (QED) is 0.0362. The van der Waals surface area contributed by atoms with Gasteiger partial charge in [0.15, 0.2) is 34.3 Å². The summed E-state index contributed by atoms with van der Waals surface area (Å²) in [6.45, 7) is 16.3. The van der Waals surface area contributed by atoms with Crippen LogP contribution in [0, 0.1) is 38.5 Å². The summed E-state index contributed by atoms with van der Waals surface area (Å²) in [5, 5.41) is 22.5. The number of carbonyl (C=O) groups excluding carboxylic acids is 5. The van der Waals surface area contributed by atoms with E-state index in [2.05, 4.69) is 61.2 Å². The van der Waals surface area contributed by atoms with Crippen LogP contribution >= 0.6 is 11.6 Å². The molecule has 12 aromatic heterocycles. The number of carbonyl (C=O) groups is 5. The highest BCUT2D eigenvalue weighted by atomic mass is 35.5. The first kappa shape index (κ1) is 86.4. The monoisotopic (exact) mass is 1660 g/mol. The molecule has 12 heterocycles. The minimum Gasteiger partial charge on any atom is -0.443 e. The van der Waals surface area contributed by atoms with Crippen molar-refractivity contribution in [1.82, 2.24) is 72.4 Å². The SMILES string of the molecule is CNc1cc(Nc2cccn(-c3ccc(C)nc3)c2=O)nc2c(C(=O)CC3CC[C@@H]3OC)cnn12.CO[C@H]1CCC1CC(=O)c1cnn2c(N(C)C(=O)OC(C)(C)C)cc(Nc3cccn(-c4ccc(C)nc4)c3=O)nc12.CO[C@H]1CC[C@@H]1CC(=O)c1cnn2c(N(C)C(=O)OC(C)(C)C)cc(Cl)nc12.Cc1ccc(-n2cccc(N)c2=O)cn1. The average Bonchev–Trinajstić information content (AvgIpc) is 1.61. The van der Waals surface area contributed by atoms with Crippen molar-refractivity contribution in [3.63, 3.8) is 0 Å². The van der Waals surface area contributed by atoms with Gasteiger partial charge < -0.3 is 45.4 Å². The largest absolute Gasteiger partial charge is 0.443 e. The van der Waals surface area contributed by atoms with Crippen LogP contribution in [0.1, 0.15) is 147 Å². The molecule has 120 heavy (non-hydrogen) atoms. The minimum absolute atomic E-state index is 0.0209. The van der Waals surface area contributed by atoms with Crippen LogP contribution < -0.4 is 48.2 Å². The molecule has 5 N–H and O–H groups in total. The van der Waals surface area contributed by atoms with Crippen LogP contribution in [0.4, 0.5) is 55.7 Å². The number of methoxy groups -OCH3 is 3. The normalized spacial score (nSPS) is 16.6. The number of ketones is 3. The van der Waals surface area contributed by atoms with Crippen LogP contribution in [0.15, 0.2) is 161 Å². The molecule has 15 rings (SSSR count). The Morgan fingerprint density at radius 1 is 0.483 bits per heavy atom. The predicted octanol–water partition coefficient (Wildman–Crippen LogP) is 12.9. The summed E-state index contributed by atoms with van der Waals surface area (Å²) < 4.78 is 36.2. The summed E-state index contributed by atoms with van der Waals surface area (Å²) >= 11 is 6.17. The number of pyridine rings is 6. The fraction of sp³-hybridized carbons (Fsp3) is 0.376. The number of nitrogens with one attached hydrogen (secondary N) is 3. The Hall–Kier alpha value is -12.9. The van der Waals surface area contributed by atoms with Gasteiger partial charge in [-0.25, -0.2) is 24.5 Å². The van der Waals surface area contributed by atoms with E-state index in [1.807, 2.05) is 57.2 Å². The topological polar surface area (TPSA) is 395 Å². The Balaban J connectivity index is 0.000000154. The molecular formula is C85H98ClN21O13. The lowest BCUT2D eigenvalue weighted by atomic mass is 9.78. The Labute approximate surface area is 696 Å². The number of hydrogen-bond acceptors (Lipinski definition) is 26. The minimum atomic E-state index is -0.732. The fourth-order valence-electron chi connectivity index (χ4n) is 13.7. The number of fused-ring (bicyclic) bond motifs is 3. The highest BCUT2D eigenvalue weighted by Gasteiger charge is 2.37. The van der Waals surface area contributed by atoms with Gasteiger partial charge in [-0.3, -0.25) is 67.2 Å². The van der Waals surface area contributed by atoms with Crippen molar-refractivity contribution < 1.29 is 47.7 Å². The number of aryl methyl sites for hydroxylation is 3. The van der Waals surface area contributed by atoms with Gasteiger partial charge in [0.25, 0.3) is 16.7 Å². The number of amides is 2. The highest BCUT2D eigenvalue weighted by Crippen LogP contribution is 2.38. The summed E-state index contributed by atoms with van der Waals surface area (Å²) in [6, 6.07) is 26.0. The zero-order valence-corrected chi connectivity index (χ0v) is 70.3. The van der Waals surface area contributed by atoms with Gasteiger partial charge in [-0.05, 0) is 191 Å². The fourth-order valence-corrected chi connectivity index (χ4v) is 13.9. The van der Waals surface area contributed by atoms with Crippen LogP contribution in [0.5, 0.6) is 0 Å². The van der Waals surface area contributed by atoms with E-state index >= 15 is 0 Å². The number of aromatic nitrogens is 15. The molecule has 3 aliphatic rings. The third-order valence-electron chi connectivity index (χ3n) is 20.7. The third kappa shape index (κ3) is 19.9. The average molecular weight is 1660 g/mol. The van der Waals surface area contributed by atoms with Gasteiger partial charge in [0, 0.05) is 116 Å². The number of nitrogens with two attached hydrogens (primary N) is 1. The number of Topliss-reactive ketones (excluding diaryl/α,β-unsaturated/α-hetero) is 3. The van der Waals surface area contributed by atoms with E-state index in [1.165, 1.54) is 51.0 Å². The zero-order chi connectivity index (χ0) is 86.2. The molecule has 3 fully saturated rings. The molecule has 0 saturated heterocycles. The number of ether oxygens (including phenoxy) is 5. The lowest BCUT2D eigenvalue weighted by Crippen LogP contribution is -2.35. The van der Waals surface area contributed by atoms with E-state index in [-0.39, 0.29) is 98.1 Å². The van der Waals surface area contributed by atoms with Crippen LogP contribution in [0.25, 0.3) is 34.0 Å². The van der Waals surface area contributed by atoms with Crippen molar-refractivity contribution in [3.05, 3.63) is 217 Å². The van der Waals surface area contributed by atoms with Crippen molar-refractivity contribution in [3.8, 4) is 17.1 Å². The van der Waals surface area contributed by atoms with Gasteiger partial charge in [0.2, 0.25) is 0 Å². The molecule has 34 nitrogen and oxygen atoms in total. The van der Waals surface area contributed by atoms with Gasteiger partial charge in [-0.1, -0.05) is 11.6 Å². The smallest absolute Gasteiger partial charge is 0.415 e. The maximum Gasteiger partial charge on any atom is 0.415 e. The van der Waals surface area contributed by atoms with Gasteiger partial charge in [0.1, 0.15) is 56.8 Å². The summed E-state index contributed by atoms with van der Waals surface area (Å²) in [5.74, 6) is 2.30. The maximum absolute atomic E-state index is 13.4. The molecule has 0 radical (unpaired) electrons. The second-order valence-corrected chi connectivity index (χ2v) is 31.8. The van der Waals surface area contributed by atoms with Crippen LogP contribution in [0.2, 0.25) is 5.15 Å². The van der Waals surface area contributed by atoms with Crippen molar-refractivity contribution in [2.24, 2.45) is 17.8 Å². The van der Waals surface area contributed by atoms with E-state index in [4.69, 9.17) is 41.0 Å². The molecule has 3 aliphatic carbocycles. The first-order valence-corrected chi connectivity index (χ1v) is 39.4. The van der Waals surface area contributed by atoms with Crippen LogP contribution in [-0.4, -0.2) is 174 Å². The number of nitrogen functional groups attached to an aromatic ring is 1. The van der Waals surface area contributed by atoms with Crippen molar-refractivity contribution in [2.45, 2.75) is 150 Å². The maximum atomic E-state index is 13.4. The Morgan fingerprint density at radius 3 is 1.20 bits per heavy atom. The number of nitrogens with zero attached hydrogens (tertiary/aromatic N) is 17. The Kier molecular flexibility index (Phi) is 26.6. The predicted molar refractivity (Wildman–Crippen MR) is 455 cm³/mol. The molecule has 628 valence electrons. The lowest BCUT2D eigenvalue weighted by molar-refractivity contribution is -0.0171. The lowest BCUT2D eigenvalue weighted by Gasteiger charge is -2.34. The molecule has 12 aromatic rings. The number of anilines is 8. The van der Waals surface area contributed by atoms with E-state index in [0.29, 0.717) is 87.6 Å². The second kappa shape index (κ2) is 36.9. The molecule has 0 bridgehead atoms. The number of halogens is 1. The van der Waals surface area contributed by atoms with Gasteiger partial charge >= 0.3 is 12.2 Å². The summed E-state index contributed by atoms with van der Waals surface area (Å²) in [4.78, 5) is 132. The molecule has 0 aromatic carbocycles. The summed E-state index contributed by atoms with van der Waals surface area (Å²) in [5.41, 5.74) is 10.9. The molecule has 2 unspecified atom stereocenters. The Bertz CT molecular complexity index is 5940.